The van der Waals surface area contributed by atoms with Gasteiger partial charge in [0, 0.05) is 19.1 Å². The van der Waals surface area contributed by atoms with E-state index in [2.05, 4.69) is 42.2 Å². The fourth-order valence-corrected chi connectivity index (χ4v) is 2.36. The molecule has 2 aromatic heterocycles. The molecule has 3 heterocycles. The van der Waals surface area contributed by atoms with Crippen molar-refractivity contribution in [3.8, 4) is 5.95 Å². The molecule has 20 heavy (non-hydrogen) atoms. The molecule has 0 saturated carbocycles. The molecule has 0 amide bonds. The molecule has 0 radical (unpaired) electrons. The van der Waals surface area contributed by atoms with Gasteiger partial charge in [0.25, 0.3) is 5.95 Å². The minimum Gasteiger partial charge on any atom is -0.354 e. The van der Waals surface area contributed by atoms with Gasteiger partial charge in [0.2, 0.25) is 11.9 Å². The topological polar surface area (TPSA) is 84.7 Å². The van der Waals surface area contributed by atoms with Crippen LogP contribution in [0.15, 0.2) is 12.7 Å². The monoisotopic (exact) mass is 274 g/mol. The highest BCUT2D eigenvalue weighted by atomic mass is 15.4. The second-order valence-corrected chi connectivity index (χ2v) is 4.81. The normalized spacial score (nSPS) is 18.5. The zero-order valence-electron chi connectivity index (χ0n) is 11.7. The molecule has 3 rings (SSSR count). The third-order valence-electron chi connectivity index (χ3n) is 3.38. The van der Waals surface area contributed by atoms with E-state index in [1.807, 2.05) is 6.92 Å². The van der Waals surface area contributed by atoms with Crippen LogP contribution < -0.4 is 10.2 Å². The van der Waals surface area contributed by atoms with E-state index in [1.165, 1.54) is 19.2 Å². The van der Waals surface area contributed by atoms with Crippen LogP contribution in [0.4, 0.5) is 11.9 Å². The number of hydrogen-bond acceptors (Lipinski definition) is 7. The Bertz CT molecular complexity index is 567. The van der Waals surface area contributed by atoms with E-state index in [0.29, 0.717) is 23.9 Å². The fourth-order valence-electron chi connectivity index (χ4n) is 2.36. The molecule has 2 aromatic rings. The third-order valence-corrected chi connectivity index (χ3v) is 3.38. The first-order chi connectivity index (χ1) is 9.78. The summed E-state index contributed by atoms with van der Waals surface area (Å²) >= 11 is 0. The second-order valence-electron chi connectivity index (χ2n) is 4.81. The van der Waals surface area contributed by atoms with Gasteiger partial charge in [0.05, 0.1) is 0 Å². The molecule has 1 atom stereocenters. The molecule has 106 valence electrons. The molecule has 0 aliphatic carbocycles. The van der Waals surface area contributed by atoms with Crippen LogP contribution in [0.5, 0.6) is 0 Å². The van der Waals surface area contributed by atoms with Crippen molar-refractivity contribution < 1.29 is 0 Å². The Kier molecular flexibility index (Phi) is 3.44. The van der Waals surface area contributed by atoms with Gasteiger partial charge in [-0.05, 0) is 26.7 Å². The largest absolute Gasteiger partial charge is 0.354 e. The molecule has 1 saturated heterocycles. The van der Waals surface area contributed by atoms with E-state index in [-0.39, 0.29) is 0 Å². The summed E-state index contributed by atoms with van der Waals surface area (Å²) in [6.07, 6.45) is 5.39. The van der Waals surface area contributed by atoms with Crippen LogP contribution in [-0.4, -0.2) is 48.8 Å². The third kappa shape index (κ3) is 2.40. The van der Waals surface area contributed by atoms with Gasteiger partial charge in [-0.3, -0.25) is 0 Å². The minimum absolute atomic E-state index is 0.454. The zero-order chi connectivity index (χ0) is 13.9. The molecule has 1 fully saturated rings. The molecule has 8 nitrogen and oxygen atoms in total. The van der Waals surface area contributed by atoms with Crippen molar-refractivity contribution in [1.29, 1.82) is 0 Å². The van der Waals surface area contributed by atoms with Crippen LogP contribution in [-0.2, 0) is 0 Å². The van der Waals surface area contributed by atoms with Crippen LogP contribution in [0.3, 0.4) is 0 Å². The highest BCUT2D eigenvalue weighted by Gasteiger charge is 2.24. The van der Waals surface area contributed by atoms with E-state index in [4.69, 9.17) is 0 Å². The van der Waals surface area contributed by atoms with Crippen LogP contribution in [0, 0.1) is 0 Å². The zero-order valence-corrected chi connectivity index (χ0v) is 11.7. The maximum Gasteiger partial charge on any atom is 0.258 e. The molecule has 8 heteroatoms. The average molecular weight is 274 g/mol. The molecule has 0 spiro atoms. The van der Waals surface area contributed by atoms with Crippen molar-refractivity contribution in [2.75, 3.05) is 23.3 Å². The van der Waals surface area contributed by atoms with Gasteiger partial charge in [-0.25, -0.2) is 4.98 Å². The van der Waals surface area contributed by atoms with Gasteiger partial charge in [0.1, 0.15) is 12.7 Å². The quantitative estimate of drug-likeness (QED) is 0.885. The van der Waals surface area contributed by atoms with Crippen LogP contribution in [0.1, 0.15) is 26.7 Å². The molecule has 1 aliphatic heterocycles. The summed E-state index contributed by atoms with van der Waals surface area (Å²) in [6, 6.07) is 0.454. The van der Waals surface area contributed by atoms with Gasteiger partial charge in [-0.1, -0.05) is 0 Å². The van der Waals surface area contributed by atoms with Crippen molar-refractivity contribution in [3.63, 3.8) is 0 Å². The first kappa shape index (κ1) is 12.8. The van der Waals surface area contributed by atoms with Crippen molar-refractivity contribution in [1.82, 2.24) is 29.7 Å². The number of hydrogen-bond donors (Lipinski definition) is 1. The Hall–Kier alpha value is -2.25. The number of nitrogens with one attached hydrogen (secondary N) is 1. The van der Waals surface area contributed by atoms with Crippen LogP contribution in [0.2, 0.25) is 0 Å². The second kappa shape index (κ2) is 5.40. The fraction of sp³-hybridized carbons (Fsp3) is 0.583. The Morgan fingerprint density at radius 3 is 2.80 bits per heavy atom. The van der Waals surface area contributed by atoms with Crippen molar-refractivity contribution in [2.24, 2.45) is 0 Å². The summed E-state index contributed by atoms with van der Waals surface area (Å²) < 4.78 is 1.55. The summed E-state index contributed by atoms with van der Waals surface area (Å²) in [4.78, 5) is 19.5. The number of aromatic nitrogens is 6. The van der Waals surface area contributed by atoms with E-state index in [0.717, 1.165) is 13.1 Å². The van der Waals surface area contributed by atoms with Gasteiger partial charge < -0.3 is 10.2 Å². The first-order valence-electron chi connectivity index (χ1n) is 6.89. The van der Waals surface area contributed by atoms with Crippen molar-refractivity contribution >= 4 is 11.9 Å². The summed E-state index contributed by atoms with van der Waals surface area (Å²) in [6.45, 7) is 5.94. The lowest BCUT2D eigenvalue weighted by Gasteiger charge is -2.21. The molecular formula is C12H18N8. The molecule has 1 unspecified atom stereocenters. The molecule has 1 aliphatic rings. The average Bonchev–Trinajstić information content (AvgIpc) is 3.09. The number of nitrogens with zero attached hydrogens (tertiary/aromatic N) is 7. The van der Waals surface area contributed by atoms with Gasteiger partial charge in [-0.2, -0.15) is 24.7 Å². The van der Waals surface area contributed by atoms with Gasteiger partial charge in [-0.15, -0.1) is 0 Å². The Balaban J connectivity index is 2.00. The van der Waals surface area contributed by atoms with Crippen molar-refractivity contribution in [2.45, 2.75) is 32.7 Å². The lowest BCUT2D eigenvalue weighted by atomic mass is 10.2. The highest BCUT2D eigenvalue weighted by Crippen LogP contribution is 2.23. The Labute approximate surface area is 117 Å². The van der Waals surface area contributed by atoms with Crippen LogP contribution in [0.25, 0.3) is 5.95 Å². The summed E-state index contributed by atoms with van der Waals surface area (Å²) in [5.74, 6) is 1.76. The van der Waals surface area contributed by atoms with Gasteiger partial charge >= 0.3 is 0 Å². The van der Waals surface area contributed by atoms with Gasteiger partial charge in [0.15, 0.2) is 0 Å². The Morgan fingerprint density at radius 1 is 1.30 bits per heavy atom. The summed E-state index contributed by atoms with van der Waals surface area (Å²) in [5.41, 5.74) is 0. The molecule has 1 N–H and O–H groups in total. The predicted molar refractivity (Wildman–Crippen MR) is 74.9 cm³/mol. The lowest BCUT2D eigenvalue weighted by Crippen LogP contribution is -2.29. The van der Waals surface area contributed by atoms with E-state index >= 15 is 0 Å². The minimum atomic E-state index is 0.454. The predicted octanol–water partition coefficient (Wildman–Crippen LogP) is 0.873. The smallest absolute Gasteiger partial charge is 0.258 e. The maximum absolute atomic E-state index is 4.51. The van der Waals surface area contributed by atoms with Crippen molar-refractivity contribution in [3.05, 3.63) is 12.7 Å². The first-order valence-corrected chi connectivity index (χ1v) is 6.89. The summed E-state index contributed by atoms with van der Waals surface area (Å²) in [7, 11) is 0. The Morgan fingerprint density at radius 2 is 2.15 bits per heavy atom. The summed E-state index contributed by atoms with van der Waals surface area (Å²) in [5, 5.41) is 7.22. The number of rotatable bonds is 4. The molecule has 0 aromatic carbocycles. The molecule has 0 bridgehead atoms. The van der Waals surface area contributed by atoms with Crippen LogP contribution >= 0.6 is 0 Å². The standard InChI is InChI=1S/C12H18N8/c1-3-14-10-16-11(19-6-4-5-9(19)2)18-12(17-10)20-8-13-7-15-20/h7-9H,3-6H2,1-2H3,(H,14,16,17,18). The van der Waals surface area contributed by atoms with E-state index in [1.54, 1.807) is 11.0 Å². The number of anilines is 2. The lowest BCUT2D eigenvalue weighted by molar-refractivity contribution is 0.704. The SMILES string of the molecule is CCNc1nc(N2CCCC2C)nc(-n2cncn2)n1. The highest BCUT2D eigenvalue weighted by molar-refractivity contribution is 5.41. The maximum atomic E-state index is 4.51. The van der Waals surface area contributed by atoms with E-state index in [9.17, 15) is 0 Å². The van der Waals surface area contributed by atoms with E-state index < -0.39 is 0 Å². The molecular weight excluding hydrogens is 256 g/mol.